The van der Waals surface area contributed by atoms with Crippen LogP contribution in [0.3, 0.4) is 0 Å². The van der Waals surface area contributed by atoms with Gasteiger partial charge < -0.3 is 18.9 Å². The second-order valence-electron chi connectivity index (χ2n) is 7.79. The number of aromatic nitrogens is 1. The number of hydrogen-bond acceptors (Lipinski definition) is 5. The molecule has 28 heavy (non-hydrogen) atoms. The minimum absolute atomic E-state index is 0.0482. The molecule has 2 heterocycles. The fourth-order valence-electron chi connectivity index (χ4n) is 3.88. The highest BCUT2D eigenvalue weighted by Gasteiger charge is 2.29. The van der Waals surface area contributed by atoms with Gasteiger partial charge in [-0.1, -0.05) is 25.1 Å². The van der Waals surface area contributed by atoms with Crippen molar-refractivity contribution in [2.45, 2.75) is 46.0 Å². The maximum absolute atomic E-state index is 13.0. The summed E-state index contributed by atoms with van der Waals surface area (Å²) in [6.45, 7) is 7.41. The van der Waals surface area contributed by atoms with Crippen molar-refractivity contribution in [1.29, 1.82) is 0 Å². The molecular weight excluding hydrogens is 356 g/mol. The van der Waals surface area contributed by atoms with E-state index < -0.39 is 0 Å². The van der Waals surface area contributed by atoms with Crippen LogP contribution < -0.4 is 9.47 Å². The van der Waals surface area contributed by atoms with Gasteiger partial charge in [-0.05, 0) is 49.8 Å². The molecule has 1 aromatic heterocycles. The normalized spacial score (nSPS) is 15.1. The molecule has 0 bridgehead atoms. The number of ether oxygens (including phenoxy) is 2. The summed E-state index contributed by atoms with van der Waals surface area (Å²) in [7, 11) is 3.30. The van der Waals surface area contributed by atoms with Crippen LogP contribution in [0.4, 0.5) is 0 Å². The van der Waals surface area contributed by atoms with E-state index in [2.05, 4.69) is 11.2 Å². The minimum atomic E-state index is 0.0482. The Hall–Kier alpha value is -2.50. The van der Waals surface area contributed by atoms with Gasteiger partial charge in [0.05, 0.1) is 19.9 Å². The van der Waals surface area contributed by atoms with Crippen LogP contribution in [0.2, 0.25) is 0 Å². The molecule has 2 aromatic rings. The zero-order chi connectivity index (χ0) is 20.3. The average Bonchev–Trinajstić information content (AvgIpc) is 3.09. The topological polar surface area (TPSA) is 64.8 Å². The summed E-state index contributed by atoms with van der Waals surface area (Å²) in [6, 6.07) is 6.09. The first-order chi connectivity index (χ1) is 13.4. The van der Waals surface area contributed by atoms with Crippen LogP contribution in [0.5, 0.6) is 11.5 Å². The standard InChI is InChI=1S/C22H30N2O4/c1-14(2)21-20(15(3)23-28-21)22(25)24-10-8-16(9-11-24)12-17-6-7-18(26-4)19(13-17)27-5/h6-7,13-14,16H,8-12H2,1-5H3. The van der Waals surface area contributed by atoms with Crippen molar-refractivity contribution in [3.05, 3.63) is 40.8 Å². The number of rotatable bonds is 6. The van der Waals surface area contributed by atoms with Gasteiger partial charge in [-0.25, -0.2) is 0 Å². The van der Waals surface area contributed by atoms with Gasteiger partial charge in [0.1, 0.15) is 5.56 Å². The molecule has 3 rings (SSSR count). The van der Waals surface area contributed by atoms with E-state index in [0.29, 0.717) is 22.9 Å². The molecule has 1 aliphatic rings. The van der Waals surface area contributed by atoms with Crippen LogP contribution in [0, 0.1) is 12.8 Å². The van der Waals surface area contributed by atoms with Crippen molar-refractivity contribution in [3.63, 3.8) is 0 Å². The number of carbonyl (C=O) groups is 1. The monoisotopic (exact) mass is 386 g/mol. The van der Waals surface area contributed by atoms with E-state index in [1.54, 1.807) is 14.2 Å². The van der Waals surface area contributed by atoms with Crippen molar-refractivity contribution in [1.82, 2.24) is 10.1 Å². The Bertz CT molecular complexity index is 820. The molecule has 0 atom stereocenters. The average molecular weight is 386 g/mol. The summed E-state index contributed by atoms with van der Waals surface area (Å²) in [5.41, 5.74) is 2.56. The summed E-state index contributed by atoms with van der Waals surface area (Å²) in [5, 5.41) is 4.01. The minimum Gasteiger partial charge on any atom is -0.493 e. The molecular formula is C22H30N2O4. The van der Waals surface area contributed by atoms with Crippen molar-refractivity contribution < 1.29 is 18.8 Å². The highest BCUT2D eigenvalue weighted by atomic mass is 16.5. The lowest BCUT2D eigenvalue weighted by Crippen LogP contribution is -2.39. The first-order valence-electron chi connectivity index (χ1n) is 9.90. The molecule has 0 saturated carbocycles. The molecule has 1 aliphatic heterocycles. The van der Waals surface area contributed by atoms with Crippen LogP contribution in [-0.4, -0.2) is 43.3 Å². The van der Waals surface area contributed by atoms with E-state index in [4.69, 9.17) is 14.0 Å². The number of likely N-dealkylation sites (tertiary alicyclic amines) is 1. The number of benzene rings is 1. The van der Waals surface area contributed by atoms with Gasteiger partial charge in [-0.15, -0.1) is 0 Å². The predicted octanol–water partition coefficient (Wildman–Crippen LogP) is 4.22. The summed E-state index contributed by atoms with van der Waals surface area (Å²) in [5.74, 6) is 2.94. The molecule has 0 radical (unpaired) electrons. The Kier molecular flexibility index (Phi) is 6.27. The Labute approximate surface area is 166 Å². The van der Waals surface area contributed by atoms with E-state index in [1.165, 1.54) is 5.56 Å². The zero-order valence-electron chi connectivity index (χ0n) is 17.4. The van der Waals surface area contributed by atoms with Crippen molar-refractivity contribution in [3.8, 4) is 11.5 Å². The number of carbonyl (C=O) groups excluding carboxylic acids is 1. The molecule has 1 aromatic carbocycles. The van der Waals surface area contributed by atoms with Crippen molar-refractivity contribution in [2.75, 3.05) is 27.3 Å². The van der Waals surface area contributed by atoms with Crippen LogP contribution in [0.25, 0.3) is 0 Å². The summed E-state index contributed by atoms with van der Waals surface area (Å²) in [4.78, 5) is 15.0. The lowest BCUT2D eigenvalue weighted by Gasteiger charge is -2.32. The smallest absolute Gasteiger partial charge is 0.259 e. The lowest BCUT2D eigenvalue weighted by atomic mass is 9.89. The summed E-state index contributed by atoms with van der Waals surface area (Å²) in [6.07, 6.45) is 2.95. The molecule has 1 amide bonds. The van der Waals surface area contributed by atoms with Gasteiger partial charge >= 0.3 is 0 Å². The van der Waals surface area contributed by atoms with E-state index in [-0.39, 0.29) is 11.8 Å². The van der Waals surface area contributed by atoms with Gasteiger partial charge in [0.15, 0.2) is 17.3 Å². The molecule has 1 fully saturated rings. The summed E-state index contributed by atoms with van der Waals surface area (Å²) >= 11 is 0. The third-order valence-corrected chi connectivity index (χ3v) is 5.50. The number of piperidine rings is 1. The highest BCUT2D eigenvalue weighted by Crippen LogP contribution is 2.31. The second kappa shape index (κ2) is 8.67. The van der Waals surface area contributed by atoms with E-state index >= 15 is 0 Å². The highest BCUT2D eigenvalue weighted by molar-refractivity contribution is 5.96. The number of hydrogen-bond donors (Lipinski definition) is 0. The maximum atomic E-state index is 13.0. The molecule has 0 aliphatic carbocycles. The van der Waals surface area contributed by atoms with Gasteiger partial charge in [0.25, 0.3) is 5.91 Å². The van der Waals surface area contributed by atoms with Crippen molar-refractivity contribution in [2.24, 2.45) is 5.92 Å². The predicted molar refractivity (Wildman–Crippen MR) is 107 cm³/mol. The molecule has 152 valence electrons. The number of aryl methyl sites for hydroxylation is 1. The Morgan fingerprint density at radius 1 is 1.21 bits per heavy atom. The van der Waals surface area contributed by atoms with Gasteiger partial charge in [0, 0.05) is 19.0 Å². The molecule has 6 heteroatoms. The Balaban J connectivity index is 1.62. The fourth-order valence-corrected chi connectivity index (χ4v) is 3.88. The maximum Gasteiger partial charge on any atom is 0.259 e. The SMILES string of the molecule is COc1ccc(CC2CCN(C(=O)c3c(C)noc3C(C)C)CC2)cc1OC. The van der Waals surface area contributed by atoms with Gasteiger partial charge in [-0.3, -0.25) is 4.79 Å². The van der Waals surface area contributed by atoms with Crippen LogP contribution in [-0.2, 0) is 6.42 Å². The van der Waals surface area contributed by atoms with Crippen LogP contribution >= 0.6 is 0 Å². The van der Waals surface area contributed by atoms with Crippen LogP contribution in [0.1, 0.15) is 60.0 Å². The largest absolute Gasteiger partial charge is 0.493 e. The zero-order valence-corrected chi connectivity index (χ0v) is 17.4. The lowest BCUT2D eigenvalue weighted by molar-refractivity contribution is 0.0687. The van der Waals surface area contributed by atoms with Crippen molar-refractivity contribution >= 4 is 5.91 Å². The summed E-state index contributed by atoms with van der Waals surface area (Å²) < 4.78 is 16.1. The Morgan fingerprint density at radius 3 is 2.50 bits per heavy atom. The van der Waals surface area contributed by atoms with E-state index in [1.807, 2.05) is 37.8 Å². The molecule has 1 saturated heterocycles. The number of amides is 1. The van der Waals surface area contributed by atoms with Crippen LogP contribution in [0.15, 0.2) is 22.7 Å². The fraction of sp³-hybridized carbons (Fsp3) is 0.545. The molecule has 6 nitrogen and oxygen atoms in total. The second-order valence-corrected chi connectivity index (χ2v) is 7.79. The van der Waals surface area contributed by atoms with E-state index in [9.17, 15) is 4.79 Å². The molecule has 0 unspecified atom stereocenters. The molecule has 0 N–H and O–H groups in total. The Morgan fingerprint density at radius 2 is 1.89 bits per heavy atom. The third-order valence-electron chi connectivity index (χ3n) is 5.50. The molecule has 0 spiro atoms. The van der Waals surface area contributed by atoms with E-state index in [0.717, 1.165) is 43.9 Å². The quantitative estimate of drug-likeness (QED) is 0.744. The van der Waals surface area contributed by atoms with Gasteiger partial charge in [0.2, 0.25) is 0 Å². The van der Waals surface area contributed by atoms with Gasteiger partial charge in [-0.2, -0.15) is 0 Å². The first-order valence-corrected chi connectivity index (χ1v) is 9.90. The number of nitrogens with zero attached hydrogens (tertiary/aromatic N) is 2. The number of methoxy groups -OCH3 is 2. The first kappa shape index (κ1) is 20.2. The third kappa shape index (κ3) is 4.16.